The Balaban J connectivity index is 1.70. The number of halogens is 1. The van der Waals surface area contributed by atoms with Crippen LogP contribution in [0.4, 0.5) is 0 Å². The van der Waals surface area contributed by atoms with Gasteiger partial charge in [-0.15, -0.1) is 0 Å². The molecule has 3 rings (SSSR count). The second-order valence-corrected chi connectivity index (χ2v) is 5.07. The molecule has 0 bridgehead atoms. The molecule has 20 heavy (non-hydrogen) atoms. The number of ether oxygens (including phenoxy) is 2. The van der Waals surface area contributed by atoms with Crippen molar-refractivity contribution in [2.45, 2.75) is 12.5 Å². The molecule has 0 saturated heterocycles. The van der Waals surface area contributed by atoms with Crippen molar-refractivity contribution in [1.29, 1.82) is 0 Å². The Morgan fingerprint density at radius 1 is 1.15 bits per heavy atom. The number of rotatable bonds is 3. The quantitative estimate of drug-likeness (QED) is 0.869. The van der Waals surface area contributed by atoms with Crippen LogP contribution >= 0.6 is 11.6 Å². The molecule has 0 fully saturated rings. The third-order valence-corrected chi connectivity index (χ3v) is 3.37. The van der Waals surface area contributed by atoms with E-state index < -0.39 is 6.10 Å². The standard InChI is InChI=1S/C16H13ClO3/c17-12-5-3-4-11(8-12)9-13(18)16-10-19-14-6-1-2-7-15(14)20-16/h1-8,16H,9-10H2. The molecule has 4 heteroatoms. The molecule has 3 nitrogen and oxygen atoms in total. The Kier molecular flexibility index (Phi) is 3.61. The van der Waals surface area contributed by atoms with Crippen molar-refractivity contribution in [3.63, 3.8) is 0 Å². The number of Topliss-reactive ketones (excluding diaryl/α,β-unsaturated/α-hetero) is 1. The van der Waals surface area contributed by atoms with E-state index in [1.807, 2.05) is 30.3 Å². The number of hydrogen-bond acceptors (Lipinski definition) is 3. The van der Waals surface area contributed by atoms with Gasteiger partial charge < -0.3 is 9.47 Å². The number of ketones is 1. The lowest BCUT2D eigenvalue weighted by Gasteiger charge is -2.25. The molecule has 102 valence electrons. The number of hydrogen-bond donors (Lipinski definition) is 0. The Morgan fingerprint density at radius 3 is 2.75 bits per heavy atom. The summed E-state index contributed by atoms with van der Waals surface area (Å²) in [5.41, 5.74) is 0.880. The van der Waals surface area contributed by atoms with E-state index in [-0.39, 0.29) is 18.8 Å². The van der Waals surface area contributed by atoms with E-state index in [0.29, 0.717) is 16.5 Å². The number of para-hydroxylation sites is 2. The van der Waals surface area contributed by atoms with Crippen molar-refractivity contribution in [2.24, 2.45) is 0 Å². The van der Waals surface area contributed by atoms with Gasteiger partial charge in [-0.25, -0.2) is 0 Å². The Morgan fingerprint density at radius 2 is 1.95 bits per heavy atom. The Hall–Kier alpha value is -2.00. The normalized spacial score (nSPS) is 16.8. The van der Waals surface area contributed by atoms with Gasteiger partial charge in [0, 0.05) is 11.4 Å². The molecule has 0 N–H and O–H groups in total. The second kappa shape index (κ2) is 5.55. The maximum atomic E-state index is 12.2. The fourth-order valence-electron chi connectivity index (χ4n) is 2.14. The van der Waals surface area contributed by atoms with Crippen LogP contribution in [0.1, 0.15) is 5.56 Å². The molecular formula is C16H13ClO3. The van der Waals surface area contributed by atoms with Crippen LogP contribution in [-0.2, 0) is 11.2 Å². The molecule has 0 radical (unpaired) electrons. The van der Waals surface area contributed by atoms with Gasteiger partial charge in [0.25, 0.3) is 0 Å². The molecule has 2 aromatic rings. The third kappa shape index (κ3) is 2.78. The van der Waals surface area contributed by atoms with Crippen molar-refractivity contribution in [3.8, 4) is 11.5 Å². The minimum atomic E-state index is -0.566. The topological polar surface area (TPSA) is 35.5 Å². The van der Waals surface area contributed by atoms with Crippen molar-refractivity contribution < 1.29 is 14.3 Å². The van der Waals surface area contributed by atoms with Gasteiger partial charge in [0.05, 0.1) is 0 Å². The van der Waals surface area contributed by atoms with E-state index in [4.69, 9.17) is 21.1 Å². The summed E-state index contributed by atoms with van der Waals surface area (Å²) in [6.07, 6.45) is -0.277. The minimum absolute atomic E-state index is 0.0123. The highest BCUT2D eigenvalue weighted by molar-refractivity contribution is 6.30. The fraction of sp³-hybridized carbons (Fsp3) is 0.188. The number of fused-ring (bicyclic) bond motifs is 1. The lowest BCUT2D eigenvalue weighted by atomic mass is 10.1. The van der Waals surface area contributed by atoms with Crippen molar-refractivity contribution in [2.75, 3.05) is 6.61 Å². The average Bonchev–Trinajstić information content (AvgIpc) is 2.47. The lowest BCUT2D eigenvalue weighted by Crippen LogP contribution is -2.37. The summed E-state index contributed by atoms with van der Waals surface area (Å²) in [6.45, 7) is 0.246. The SMILES string of the molecule is O=C(Cc1cccc(Cl)c1)C1COc2ccccc2O1. The van der Waals surface area contributed by atoms with Gasteiger partial charge in [-0.3, -0.25) is 4.79 Å². The Bertz CT molecular complexity index is 639. The van der Waals surface area contributed by atoms with Crippen LogP contribution in [0.3, 0.4) is 0 Å². The van der Waals surface area contributed by atoms with E-state index in [2.05, 4.69) is 0 Å². The van der Waals surface area contributed by atoms with Crippen LogP contribution in [0, 0.1) is 0 Å². The molecule has 1 atom stereocenters. The molecule has 0 aromatic heterocycles. The average molecular weight is 289 g/mol. The molecular weight excluding hydrogens is 276 g/mol. The van der Waals surface area contributed by atoms with Crippen molar-refractivity contribution >= 4 is 17.4 Å². The molecule has 1 aliphatic rings. The summed E-state index contributed by atoms with van der Waals surface area (Å²) in [4.78, 5) is 12.2. The predicted octanol–water partition coefficient (Wildman–Crippen LogP) is 3.29. The zero-order valence-electron chi connectivity index (χ0n) is 10.7. The smallest absolute Gasteiger partial charge is 0.191 e. The highest BCUT2D eigenvalue weighted by atomic mass is 35.5. The van der Waals surface area contributed by atoms with Crippen LogP contribution in [0.15, 0.2) is 48.5 Å². The first-order chi connectivity index (χ1) is 9.72. The summed E-state index contributed by atoms with van der Waals surface area (Å²) in [5, 5.41) is 0.626. The first kappa shape index (κ1) is 13.0. The largest absolute Gasteiger partial charge is 0.485 e. The number of benzene rings is 2. The van der Waals surface area contributed by atoms with Crippen LogP contribution in [0.5, 0.6) is 11.5 Å². The highest BCUT2D eigenvalue weighted by Gasteiger charge is 2.26. The highest BCUT2D eigenvalue weighted by Crippen LogP contribution is 2.31. The molecule has 0 spiro atoms. The van der Waals surface area contributed by atoms with Gasteiger partial charge in [0.1, 0.15) is 6.61 Å². The van der Waals surface area contributed by atoms with Gasteiger partial charge in [-0.1, -0.05) is 35.9 Å². The molecule has 2 aromatic carbocycles. The van der Waals surface area contributed by atoms with Gasteiger partial charge in [-0.05, 0) is 29.8 Å². The maximum absolute atomic E-state index is 12.2. The van der Waals surface area contributed by atoms with Crippen LogP contribution in [0.25, 0.3) is 0 Å². The molecule has 1 aliphatic heterocycles. The van der Waals surface area contributed by atoms with E-state index in [1.54, 1.807) is 18.2 Å². The van der Waals surface area contributed by atoms with Gasteiger partial charge in [0.15, 0.2) is 23.4 Å². The summed E-state index contributed by atoms with van der Waals surface area (Å²) in [6, 6.07) is 14.6. The first-order valence-electron chi connectivity index (χ1n) is 6.38. The van der Waals surface area contributed by atoms with Crippen LogP contribution < -0.4 is 9.47 Å². The zero-order valence-corrected chi connectivity index (χ0v) is 11.5. The van der Waals surface area contributed by atoms with E-state index in [0.717, 1.165) is 5.56 Å². The summed E-state index contributed by atoms with van der Waals surface area (Å²) in [5.74, 6) is 1.28. The van der Waals surface area contributed by atoms with E-state index in [1.165, 1.54) is 0 Å². The lowest BCUT2D eigenvalue weighted by molar-refractivity contribution is -0.127. The van der Waals surface area contributed by atoms with Crippen LogP contribution in [0.2, 0.25) is 5.02 Å². The zero-order chi connectivity index (χ0) is 13.9. The number of carbonyl (C=O) groups is 1. The minimum Gasteiger partial charge on any atom is -0.485 e. The molecule has 1 unspecified atom stereocenters. The monoisotopic (exact) mass is 288 g/mol. The summed E-state index contributed by atoms with van der Waals surface area (Å²) < 4.78 is 11.2. The van der Waals surface area contributed by atoms with E-state index >= 15 is 0 Å². The van der Waals surface area contributed by atoms with Gasteiger partial charge in [-0.2, -0.15) is 0 Å². The summed E-state index contributed by atoms with van der Waals surface area (Å²) in [7, 11) is 0. The first-order valence-corrected chi connectivity index (χ1v) is 6.76. The van der Waals surface area contributed by atoms with Crippen LogP contribution in [-0.4, -0.2) is 18.5 Å². The van der Waals surface area contributed by atoms with Crippen molar-refractivity contribution in [3.05, 3.63) is 59.1 Å². The molecule has 0 aliphatic carbocycles. The van der Waals surface area contributed by atoms with Gasteiger partial charge in [0.2, 0.25) is 0 Å². The predicted molar refractivity (Wildman–Crippen MR) is 76.5 cm³/mol. The summed E-state index contributed by atoms with van der Waals surface area (Å²) >= 11 is 5.91. The van der Waals surface area contributed by atoms with E-state index in [9.17, 15) is 4.79 Å². The van der Waals surface area contributed by atoms with Crippen molar-refractivity contribution in [1.82, 2.24) is 0 Å². The van der Waals surface area contributed by atoms with Gasteiger partial charge >= 0.3 is 0 Å². The molecule has 0 saturated carbocycles. The molecule has 0 amide bonds. The molecule has 1 heterocycles. The fourth-order valence-corrected chi connectivity index (χ4v) is 2.35. The second-order valence-electron chi connectivity index (χ2n) is 4.64. The number of carbonyl (C=O) groups excluding carboxylic acids is 1. The third-order valence-electron chi connectivity index (χ3n) is 3.14. The maximum Gasteiger partial charge on any atom is 0.191 e. The Labute approximate surface area is 122 Å².